The lowest BCUT2D eigenvalue weighted by Gasteiger charge is -2.20. The van der Waals surface area contributed by atoms with Gasteiger partial charge < -0.3 is 0 Å². The average Bonchev–Trinajstić information content (AvgIpc) is 3.32. The van der Waals surface area contributed by atoms with E-state index in [2.05, 4.69) is 28.5 Å². The van der Waals surface area contributed by atoms with Crippen molar-refractivity contribution >= 4 is 43.2 Å². The van der Waals surface area contributed by atoms with Gasteiger partial charge in [0, 0.05) is 29.6 Å². The molecule has 1 amide bonds. The van der Waals surface area contributed by atoms with Gasteiger partial charge in [-0.3, -0.25) is 10.1 Å². The zero-order valence-corrected chi connectivity index (χ0v) is 20.8. The topological polar surface area (TPSA) is 79.4 Å². The smallest absolute Gasteiger partial charge is 0.257 e. The Kier molecular flexibility index (Phi) is 7.41. The van der Waals surface area contributed by atoms with Crippen molar-refractivity contribution in [2.75, 3.05) is 18.4 Å². The molecular formula is C26H27N3O3S2. The Balaban J connectivity index is 1.49. The van der Waals surface area contributed by atoms with E-state index in [1.165, 1.54) is 39.9 Å². The summed E-state index contributed by atoms with van der Waals surface area (Å²) in [6, 6.07) is 20.2. The molecule has 1 aromatic heterocycles. The highest BCUT2D eigenvalue weighted by Gasteiger charge is 2.23. The van der Waals surface area contributed by atoms with Gasteiger partial charge in [-0.25, -0.2) is 13.4 Å². The van der Waals surface area contributed by atoms with Gasteiger partial charge in [-0.1, -0.05) is 62.7 Å². The minimum absolute atomic E-state index is 0.189. The number of aromatic nitrogens is 1. The van der Waals surface area contributed by atoms with Crippen LogP contribution in [0.5, 0.6) is 0 Å². The molecule has 8 heteroatoms. The number of benzene rings is 3. The van der Waals surface area contributed by atoms with E-state index < -0.39 is 10.0 Å². The van der Waals surface area contributed by atoms with Crippen LogP contribution in [-0.2, 0) is 10.0 Å². The van der Waals surface area contributed by atoms with Crippen molar-refractivity contribution in [1.29, 1.82) is 0 Å². The van der Waals surface area contributed by atoms with Gasteiger partial charge >= 0.3 is 0 Å². The Morgan fingerprint density at radius 2 is 1.74 bits per heavy atom. The summed E-state index contributed by atoms with van der Waals surface area (Å²) in [5, 5.41) is 7.46. The maximum atomic E-state index is 12.9. The number of hydrogen-bond donors (Lipinski definition) is 1. The molecule has 0 aliphatic rings. The molecule has 4 aromatic rings. The lowest BCUT2D eigenvalue weighted by molar-refractivity contribution is 0.102. The van der Waals surface area contributed by atoms with Crippen LogP contribution in [0.1, 0.15) is 37.0 Å². The Morgan fingerprint density at radius 3 is 2.47 bits per heavy atom. The number of fused-ring (bicyclic) bond motifs is 1. The first-order chi connectivity index (χ1) is 16.4. The van der Waals surface area contributed by atoms with Crippen LogP contribution >= 0.6 is 11.3 Å². The number of thiazole rings is 1. The molecule has 0 fully saturated rings. The number of rotatable bonds is 9. The van der Waals surface area contributed by atoms with Gasteiger partial charge in [0.1, 0.15) is 0 Å². The molecule has 0 radical (unpaired) electrons. The Hall–Kier alpha value is -3.07. The number of carbonyl (C=O) groups is 1. The van der Waals surface area contributed by atoms with E-state index in [1.807, 2.05) is 43.5 Å². The van der Waals surface area contributed by atoms with Crippen molar-refractivity contribution in [2.45, 2.75) is 31.6 Å². The van der Waals surface area contributed by atoms with E-state index in [9.17, 15) is 13.2 Å². The van der Waals surface area contributed by atoms with E-state index in [1.54, 1.807) is 0 Å². The first-order valence-corrected chi connectivity index (χ1v) is 13.6. The highest BCUT2D eigenvalue weighted by molar-refractivity contribution is 7.89. The fraction of sp³-hybridized carbons (Fsp3) is 0.231. The van der Waals surface area contributed by atoms with Gasteiger partial charge in [-0.15, -0.1) is 11.3 Å². The van der Waals surface area contributed by atoms with Crippen molar-refractivity contribution in [2.24, 2.45) is 0 Å². The van der Waals surface area contributed by atoms with Crippen LogP contribution in [0.25, 0.3) is 22.0 Å². The summed E-state index contributed by atoms with van der Waals surface area (Å²) in [4.78, 5) is 17.5. The fourth-order valence-corrected chi connectivity index (χ4v) is 5.98. The summed E-state index contributed by atoms with van der Waals surface area (Å²) in [5.41, 5.74) is 2.18. The third-order valence-corrected chi connectivity index (χ3v) is 8.40. The van der Waals surface area contributed by atoms with Crippen LogP contribution in [0, 0.1) is 0 Å². The molecule has 0 bridgehead atoms. The average molecular weight is 494 g/mol. The molecular weight excluding hydrogens is 466 g/mol. The van der Waals surface area contributed by atoms with Gasteiger partial charge in [0.2, 0.25) is 10.0 Å². The molecule has 3 aromatic carbocycles. The van der Waals surface area contributed by atoms with Crippen molar-refractivity contribution in [1.82, 2.24) is 9.29 Å². The molecule has 34 heavy (non-hydrogen) atoms. The van der Waals surface area contributed by atoms with E-state index in [-0.39, 0.29) is 10.8 Å². The third kappa shape index (κ3) is 5.04. The zero-order valence-electron chi connectivity index (χ0n) is 19.2. The molecule has 0 unspecified atom stereocenters. The maximum absolute atomic E-state index is 12.9. The molecule has 0 spiro atoms. The number of anilines is 1. The summed E-state index contributed by atoms with van der Waals surface area (Å²) in [7, 11) is -3.58. The first kappa shape index (κ1) is 24.1. The summed E-state index contributed by atoms with van der Waals surface area (Å²) in [6.45, 7) is 4.76. The summed E-state index contributed by atoms with van der Waals surface area (Å²) in [6.07, 6.45) is 1.73. The van der Waals surface area contributed by atoms with E-state index in [0.29, 0.717) is 23.8 Å². The van der Waals surface area contributed by atoms with Crippen molar-refractivity contribution in [3.05, 3.63) is 77.7 Å². The lowest BCUT2D eigenvalue weighted by atomic mass is 10.0. The van der Waals surface area contributed by atoms with Gasteiger partial charge in [-0.2, -0.15) is 4.31 Å². The number of unbranched alkanes of at least 4 members (excludes halogenated alkanes) is 1. The molecule has 0 saturated heterocycles. The highest BCUT2D eigenvalue weighted by Crippen LogP contribution is 2.31. The fourth-order valence-electron chi connectivity index (χ4n) is 3.78. The van der Waals surface area contributed by atoms with Crippen molar-refractivity contribution < 1.29 is 13.2 Å². The second-order valence-corrected chi connectivity index (χ2v) is 10.7. The normalized spacial score (nSPS) is 11.7. The molecule has 0 aliphatic carbocycles. The van der Waals surface area contributed by atoms with Crippen LogP contribution < -0.4 is 5.32 Å². The van der Waals surface area contributed by atoms with E-state index in [0.717, 1.165) is 34.9 Å². The van der Waals surface area contributed by atoms with E-state index >= 15 is 0 Å². The van der Waals surface area contributed by atoms with Crippen LogP contribution in [0.2, 0.25) is 0 Å². The lowest BCUT2D eigenvalue weighted by Crippen LogP contribution is -2.31. The monoisotopic (exact) mass is 493 g/mol. The van der Waals surface area contributed by atoms with Crippen LogP contribution in [-0.4, -0.2) is 36.7 Å². The molecule has 176 valence electrons. The molecule has 0 saturated carbocycles. The summed E-state index contributed by atoms with van der Waals surface area (Å²) >= 11 is 1.35. The molecule has 0 atom stereocenters. The van der Waals surface area contributed by atoms with Crippen LogP contribution in [0.15, 0.2) is 77.0 Å². The summed E-state index contributed by atoms with van der Waals surface area (Å²) < 4.78 is 27.2. The molecule has 6 nitrogen and oxygen atoms in total. The second kappa shape index (κ2) is 10.5. The Labute approximate surface area is 204 Å². The standard InChI is InChI=1S/C26H27N3O3S2/c1-3-5-17-29(4-2)34(31,32)21-15-13-20(14-16-21)25(30)28-26-27-24(18-33-26)23-12-8-10-19-9-6-7-11-22(19)23/h6-16,18H,3-5,17H2,1-2H3,(H,27,28,30). The van der Waals surface area contributed by atoms with Gasteiger partial charge in [0.15, 0.2) is 5.13 Å². The Bertz CT molecular complexity index is 1390. The first-order valence-electron chi connectivity index (χ1n) is 11.3. The highest BCUT2D eigenvalue weighted by atomic mass is 32.2. The molecule has 4 rings (SSSR count). The molecule has 1 heterocycles. The van der Waals surface area contributed by atoms with Crippen molar-refractivity contribution in [3.8, 4) is 11.3 Å². The predicted molar refractivity (Wildman–Crippen MR) is 139 cm³/mol. The number of nitrogens with one attached hydrogen (secondary N) is 1. The maximum Gasteiger partial charge on any atom is 0.257 e. The minimum Gasteiger partial charge on any atom is -0.298 e. The summed E-state index contributed by atoms with van der Waals surface area (Å²) in [5.74, 6) is -0.332. The number of nitrogens with zero attached hydrogens (tertiary/aromatic N) is 2. The number of amides is 1. The molecule has 1 N–H and O–H groups in total. The minimum atomic E-state index is -3.58. The number of sulfonamides is 1. The number of hydrogen-bond acceptors (Lipinski definition) is 5. The Morgan fingerprint density at radius 1 is 1.00 bits per heavy atom. The van der Waals surface area contributed by atoms with Crippen molar-refractivity contribution in [3.63, 3.8) is 0 Å². The quantitative estimate of drug-likeness (QED) is 0.309. The van der Waals surface area contributed by atoms with Gasteiger partial charge in [0.25, 0.3) is 5.91 Å². The zero-order chi connectivity index (χ0) is 24.1. The largest absolute Gasteiger partial charge is 0.298 e. The molecule has 0 aliphatic heterocycles. The van der Waals surface area contributed by atoms with E-state index in [4.69, 9.17) is 0 Å². The number of carbonyl (C=O) groups excluding carboxylic acids is 1. The van der Waals surface area contributed by atoms with Gasteiger partial charge in [-0.05, 0) is 41.5 Å². The van der Waals surface area contributed by atoms with Gasteiger partial charge in [0.05, 0.1) is 10.6 Å². The SMILES string of the molecule is CCCCN(CC)S(=O)(=O)c1ccc(C(=O)Nc2nc(-c3cccc4ccccc34)cs2)cc1. The van der Waals surface area contributed by atoms with Crippen LogP contribution in [0.4, 0.5) is 5.13 Å². The predicted octanol–water partition coefficient (Wildman–Crippen LogP) is 6.03. The third-order valence-electron chi connectivity index (χ3n) is 5.66. The second-order valence-electron chi connectivity index (χ2n) is 7.89. The van der Waals surface area contributed by atoms with Crippen LogP contribution in [0.3, 0.4) is 0 Å².